The van der Waals surface area contributed by atoms with Crippen molar-refractivity contribution in [3.8, 4) is 0 Å². The fourth-order valence-electron chi connectivity index (χ4n) is 1.72. The van der Waals surface area contributed by atoms with Crippen molar-refractivity contribution in [1.82, 2.24) is 9.55 Å². The molecule has 2 N–H and O–H groups in total. The van der Waals surface area contributed by atoms with Gasteiger partial charge in [0.05, 0.1) is 0 Å². The van der Waals surface area contributed by atoms with Crippen molar-refractivity contribution < 1.29 is 4.74 Å². The van der Waals surface area contributed by atoms with Crippen molar-refractivity contribution in [2.75, 3.05) is 6.61 Å². The number of hydrogen-bond acceptors (Lipinski definition) is 3. The number of imidazole rings is 1. The SMILES string of the molecule is CCn1ccnc1[C@@H]1OCC[C@H]1N. The monoisotopic (exact) mass is 181 g/mol. The predicted molar refractivity (Wildman–Crippen MR) is 49.2 cm³/mol. The Balaban J connectivity index is 2.23. The van der Waals surface area contributed by atoms with Crippen molar-refractivity contribution in [1.29, 1.82) is 0 Å². The lowest BCUT2D eigenvalue weighted by atomic mass is 10.1. The number of aromatic nitrogens is 2. The highest BCUT2D eigenvalue weighted by molar-refractivity contribution is 5.02. The van der Waals surface area contributed by atoms with E-state index >= 15 is 0 Å². The molecule has 1 fully saturated rings. The number of nitrogens with zero attached hydrogens (tertiary/aromatic N) is 2. The lowest BCUT2D eigenvalue weighted by molar-refractivity contribution is 0.0950. The zero-order valence-electron chi connectivity index (χ0n) is 7.81. The molecule has 4 heteroatoms. The molecular formula is C9H15N3O. The highest BCUT2D eigenvalue weighted by Crippen LogP contribution is 2.26. The van der Waals surface area contributed by atoms with Crippen LogP contribution in [0.5, 0.6) is 0 Å². The maximum absolute atomic E-state index is 5.92. The number of aryl methyl sites for hydroxylation is 1. The molecule has 1 aromatic heterocycles. The standard InChI is InChI=1S/C9H15N3O/c1-2-12-5-4-11-9(12)8-7(10)3-6-13-8/h4-5,7-8H,2-3,6,10H2,1H3/t7-,8-/m1/s1. The minimum atomic E-state index is -0.00468. The quantitative estimate of drug-likeness (QED) is 0.730. The normalized spacial score (nSPS) is 28.2. The van der Waals surface area contributed by atoms with Gasteiger partial charge in [-0.3, -0.25) is 0 Å². The number of rotatable bonds is 2. The van der Waals surface area contributed by atoms with E-state index in [-0.39, 0.29) is 12.1 Å². The summed E-state index contributed by atoms with van der Waals surface area (Å²) in [6.45, 7) is 3.76. The van der Waals surface area contributed by atoms with Crippen molar-refractivity contribution >= 4 is 0 Å². The molecule has 13 heavy (non-hydrogen) atoms. The fourth-order valence-corrected chi connectivity index (χ4v) is 1.72. The molecule has 2 heterocycles. The average molecular weight is 181 g/mol. The van der Waals surface area contributed by atoms with Gasteiger partial charge in [0.2, 0.25) is 0 Å². The fraction of sp³-hybridized carbons (Fsp3) is 0.667. The van der Waals surface area contributed by atoms with Crippen LogP contribution in [0.1, 0.15) is 25.3 Å². The topological polar surface area (TPSA) is 53.1 Å². The van der Waals surface area contributed by atoms with Crippen LogP contribution in [0.15, 0.2) is 12.4 Å². The Hall–Kier alpha value is -0.870. The summed E-state index contributed by atoms with van der Waals surface area (Å²) in [4.78, 5) is 4.28. The van der Waals surface area contributed by atoms with Crippen LogP contribution < -0.4 is 5.73 Å². The molecule has 1 aliphatic heterocycles. The van der Waals surface area contributed by atoms with Crippen molar-refractivity contribution in [3.63, 3.8) is 0 Å². The number of nitrogens with two attached hydrogens (primary N) is 1. The van der Waals surface area contributed by atoms with E-state index in [1.807, 2.05) is 6.20 Å². The van der Waals surface area contributed by atoms with Crippen LogP contribution in [0.3, 0.4) is 0 Å². The lowest BCUT2D eigenvalue weighted by Gasteiger charge is -2.14. The van der Waals surface area contributed by atoms with E-state index in [2.05, 4.69) is 16.5 Å². The third kappa shape index (κ3) is 1.47. The summed E-state index contributed by atoms with van der Waals surface area (Å²) in [5, 5.41) is 0. The summed E-state index contributed by atoms with van der Waals surface area (Å²) in [5.74, 6) is 0.965. The minimum absolute atomic E-state index is 0.00468. The second-order valence-corrected chi connectivity index (χ2v) is 3.32. The van der Waals surface area contributed by atoms with E-state index in [1.165, 1.54) is 0 Å². The largest absolute Gasteiger partial charge is 0.369 e. The number of ether oxygens (including phenoxy) is 1. The summed E-state index contributed by atoms with van der Waals surface area (Å²) in [7, 11) is 0. The lowest BCUT2D eigenvalue weighted by Crippen LogP contribution is -2.25. The van der Waals surface area contributed by atoms with Crippen LogP contribution in [0, 0.1) is 0 Å². The van der Waals surface area contributed by atoms with Crippen LogP contribution in [-0.2, 0) is 11.3 Å². The van der Waals surface area contributed by atoms with Gasteiger partial charge in [-0.2, -0.15) is 0 Å². The molecule has 0 unspecified atom stereocenters. The molecule has 2 atom stereocenters. The van der Waals surface area contributed by atoms with Crippen molar-refractivity contribution in [2.24, 2.45) is 5.73 Å². The Labute approximate surface area is 77.7 Å². The summed E-state index contributed by atoms with van der Waals surface area (Å²) in [6, 6.07) is 0.104. The zero-order valence-corrected chi connectivity index (χ0v) is 7.81. The molecule has 0 amide bonds. The van der Waals surface area contributed by atoms with Crippen molar-refractivity contribution in [3.05, 3.63) is 18.2 Å². The first kappa shape index (κ1) is 8.72. The molecule has 4 nitrogen and oxygen atoms in total. The van der Waals surface area contributed by atoms with Gasteiger partial charge in [0.25, 0.3) is 0 Å². The number of hydrogen-bond donors (Lipinski definition) is 1. The van der Waals surface area contributed by atoms with E-state index < -0.39 is 0 Å². The smallest absolute Gasteiger partial charge is 0.139 e. The van der Waals surface area contributed by atoms with Crippen LogP contribution in [-0.4, -0.2) is 22.2 Å². The van der Waals surface area contributed by atoms with E-state index in [0.29, 0.717) is 0 Å². The molecule has 1 aliphatic rings. The molecule has 0 aliphatic carbocycles. The highest BCUT2D eigenvalue weighted by Gasteiger charge is 2.29. The van der Waals surface area contributed by atoms with E-state index in [9.17, 15) is 0 Å². The first-order valence-corrected chi connectivity index (χ1v) is 4.71. The molecule has 0 aromatic carbocycles. The predicted octanol–water partition coefficient (Wildman–Crippen LogP) is 0.692. The van der Waals surface area contributed by atoms with Gasteiger partial charge >= 0.3 is 0 Å². The highest BCUT2D eigenvalue weighted by atomic mass is 16.5. The zero-order chi connectivity index (χ0) is 9.26. The summed E-state index contributed by atoms with van der Waals surface area (Å²) in [6.07, 6.45) is 4.69. The molecule has 0 spiro atoms. The Kier molecular flexibility index (Phi) is 2.33. The van der Waals surface area contributed by atoms with Gasteiger partial charge in [0.15, 0.2) is 0 Å². The molecule has 72 valence electrons. The van der Waals surface area contributed by atoms with Crippen LogP contribution in [0.4, 0.5) is 0 Å². The molecule has 0 bridgehead atoms. The molecule has 0 saturated carbocycles. The van der Waals surface area contributed by atoms with Crippen LogP contribution in [0.2, 0.25) is 0 Å². The third-order valence-corrected chi connectivity index (χ3v) is 2.48. The third-order valence-electron chi connectivity index (χ3n) is 2.48. The molecule has 2 rings (SSSR count). The summed E-state index contributed by atoms with van der Waals surface area (Å²) >= 11 is 0. The minimum Gasteiger partial charge on any atom is -0.369 e. The van der Waals surface area contributed by atoms with E-state index in [4.69, 9.17) is 10.5 Å². The summed E-state index contributed by atoms with van der Waals surface area (Å²) in [5.41, 5.74) is 5.92. The van der Waals surface area contributed by atoms with Crippen molar-refractivity contribution in [2.45, 2.75) is 32.0 Å². The Bertz CT molecular complexity index is 284. The van der Waals surface area contributed by atoms with Crippen LogP contribution >= 0.6 is 0 Å². The van der Waals surface area contributed by atoms with E-state index in [0.717, 1.165) is 25.4 Å². The van der Waals surface area contributed by atoms with Gasteiger partial charge < -0.3 is 15.0 Å². The summed E-state index contributed by atoms with van der Waals surface area (Å²) < 4.78 is 7.62. The van der Waals surface area contributed by atoms with E-state index in [1.54, 1.807) is 6.20 Å². The van der Waals surface area contributed by atoms with Gasteiger partial charge in [0.1, 0.15) is 11.9 Å². The Morgan fingerprint density at radius 1 is 1.77 bits per heavy atom. The second-order valence-electron chi connectivity index (χ2n) is 3.32. The Morgan fingerprint density at radius 2 is 2.62 bits per heavy atom. The second kappa shape index (κ2) is 3.47. The first-order chi connectivity index (χ1) is 6.33. The Morgan fingerprint density at radius 3 is 3.23 bits per heavy atom. The molecule has 1 saturated heterocycles. The molecule has 0 radical (unpaired) electrons. The van der Waals surface area contributed by atoms with Gasteiger partial charge in [-0.05, 0) is 13.3 Å². The van der Waals surface area contributed by atoms with Crippen LogP contribution in [0.25, 0.3) is 0 Å². The van der Waals surface area contributed by atoms with Gasteiger partial charge in [-0.1, -0.05) is 0 Å². The maximum atomic E-state index is 5.92. The van der Waals surface area contributed by atoms with Gasteiger partial charge in [-0.15, -0.1) is 0 Å². The molecular weight excluding hydrogens is 166 g/mol. The first-order valence-electron chi connectivity index (χ1n) is 4.71. The average Bonchev–Trinajstić information content (AvgIpc) is 2.71. The maximum Gasteiger partial charge on any atom is 0.139 e. The van der Waals surface area contributed by atoms with Gasteiger partial charge in [-0.25, -0.2) is 4.98 Å². The molecule has 1 aromatic rings. The van der Waals surface area contributed by atoms with Gasteiger partial charge in [0, 0.05) is 31.6 Å².